The highest BCUT2D eigenvalue weighted by molar-refractivity contribution is 5.26. The van der Waals surface area contributed by atoms with Crippen molar-refractivity contribution < 1.29 is 4.74 Å². The minimum atomic E-state index is -0.201. The second-order valence-corrected chi connectivity index (χ2v) is 5.44. The smallest absolute Gasteiger partial charge is 0.0871 e. The van der Waals surface area contributed by atoms with Crippen LogP contribution in [0.25, 0.3) is 0 Å². The van der Waals surface area contributed by atoms with Crippen LogP contribution in [-0.4, -0.2) is 38.2 Å². The van der Waals surface area contributed by atoms with Crippen molar-refractivity contribution in [2.75, 3.05) is 33.3 Å². The normalized spacial score (nSPS) is 17.9. The zero-order valence-corrected chi connectivity index (χ0v) is 11.7. The van der Waals surface area contributed by atoms with Crippen molar-refractivity contribution in [3.63, 3.8) is 0 Å². The zero-order valence-electron chi connectivity index (χ0n) is 11.7. The molecule has 18 heavy (non-hydrogen) atoms. The molecule has 1 heterocycles. The Bertz CT molecular complexity index is 367. The average Bonchev–Trinajstić information content (AvgIpc) is 2.40. The van der Waals surface area contributed by atoms with Gasteiger partial charge in [0.1, 0.15) is 0 Å². The molecule has 3 heteroatoms. The third-order valence-corrected chi connectivity index (χ3v) is 3.78. The Hall–Kier alpha value is -0.900. The highest BCUT2D eigenvalue weighted by atomic mass is 16.5. The summed E-state index contributed by atoms with van der Waals surface area (Å²) in [6.45, 7) is 9.74. The summed E-state index contributed by atoms with van der Waals surface area (Å²) in [7, 11) is 1.76. The van der Waals surface area contributed by atoms with E-state index in [9.17, 15) is 0 Å². The molecule has 1 saturated heterocycles. The van der Waals surface area contributed by atoms with Crippen molar-refractivity contribution >= 4 is 0 Å². The number of ether oxygens (including phenoxy) is 1. The van der Waals surface area contributed by atoms with Gasteiger partial charge in [-0.05, 0) is 25.0 Å². The van der Waals surface area contributed by atoms with Crippen molar-refractivity contribution in [3.8, 4) is 0 Å². The van der Waals surface area contributed by atoms with Gasteiger partial charge in [0.05, 0.1) is 5.60 Å². The number of hydrogen-bond acceptors (Lipinski definition) is 3. The Morgan fingerprint density at radius 1 is 1.17 bits per heavy atom. The van der Waals surface area contributed by atoms with Crippen LogP contribution in [0.15, 0.2) is 24.3 Å². The van der Waals surface area contributed by atoms with E-state index in [4.69, 9.17) is 4.74 Å². The molecule has 100 valence electrons. The van der Waals surface area contributed by atoms with Crippen LogP contribution in [0.1, 0.15) is 25.0 Å². The molecule has 0 saturated carbocycles. The van der Waals surface area contributed by atoms with Crippen LogP contribution in [-0.2, 0) is 16.9 Å². The van der Waals surface area contributed by atoms with Crippen LogP contribution in [0.3, 0.4) is 0 Å². The number of piperazine rings is 1. The molecule has 1 fully saturated rings. The molecule has 1 aliphatic heterocycles. The van der Waals surface area contributed by atoms with Crippen molar-refractivity contribution in [2.24, 2.45) is 0 Å². The van der Waals surface area contributed by atoms with E-state index in [-0.39, 0.29) is 5.60 Å². The number of nitrogens with zero attached hydrogens (tertiary/aromatic N) is 1. The Labute approximate surface area is 110 Å². The fourth-order valence-electron chi connectivity index (χ4n) is 2.26. The number of rotatable bonds is 4. The zero-order chi connectivity index (χ0) is 13.0. The number of methoxy groups -OCH3 is 1. The summed E-state index contributed by atoms with van der Waals surface area (Å²) in [6.07, 6.45) is 0. The largest absolute Gasteiger partial charge is 0.374 e. The lowest BCUT2D eigenvalue weighted by atomic mass is 9.97. The highest BCUT2D eigenvalue weighted by Gasteiger charge is 2.19. The second kappa shape index (κ2) is 5.83. The molecule has 2 rings (SSSR count). The molecule has 0 atom stereocenters. The minimum absolute atomic E-state index is 0.201. The van der Waals surface area contributed by atoms with E-state index in [1.807, 2.05) is 0 Å². The van der Waals surface area contributed by atoms with Crippen LogP contribution in [0.4, 0.5) is 0 Å². The fourth-order valence-corrected chi connectivity index (χ4v) is 2.26. The van der Waals surface area contributed by atoms with Gasteiger partial charge in [-0.3, -0.25) is 4.90 Å². The third kappa shape index (κ3) is 3.31. The van der Waals surface area contributed by atoms with Gasteiger partial charge in [0.2, 0.25) is 0 Å². The first kappa shape index (κ1) is 13.5. The Morgan fingerprint density at radius 3 is 2.33 bits per heavy atom. The fraction of sp³-hybridized carbons (Fsp3) is 0.600. The lowest BCUT2D eigenvalue weighted by molar-refractivity contribution is 0.0192. The molecular formula is C15H24N2O. The van der Waals surface area contributed by atoms with Gasteiger partial charge in [0, 0.05) is 39.8 Å². The average molecular weight is 248 g/mol. The molecule has 0 bridgehead atoms. The molecule has 1 aromatic carbocycles. The Balaban J connectivity index is 1.99. The molecule has 1 aromatic rings. The summed E-state index contributed by atoms with van der Waals surface area (Å²) in [5.41, 5.74) is 2.41. The molecule has 1 N–H and O–H groups in total. The molecule has 0 radical (unpaired) electrons. The number of hydrogen-bond donors (Lipinski definition) is 1. The summed E-state index contributed by atoms with van der Waals surface area (Å²) in [5, 5.41) is 3.38. The molecule has 3 nitrogen and oxygen atoms in total. The van der Waals surface area contributed by atoms with Crippen molar-refractivity contribution in [1.82, 2.24) is 10.2 Å². The minimum Gasteiger partial charge on any atom is -0.374 e. The number of benzene rings is 1. The van der Waals surface area contributed by atoms with E-state index in [1.54, 1.807) is 7.11 Å². The highest BCUT2D eigenvalue weighted by Crippen LogP contribution is 2.24. The van der Waals surface area contributed by atoms with Gasteiger partial charge >= 0.3 is 0 Å². The first-order valence-corrected chi connectivity index (χ1v) is 6.69. The van der Waals surface area contributed by atoms with E-state index in [0.717, 1.165) is 32.7 Å². The van der Waals surface area contributed by atoms with E-state index in [2.05, 4.69) is 48.3 Å². The predicted octanol–water partition coefficient (Wildman–Crippen LogP) is 1.97. The lowest BCUT2D eigenvalue weighted by Gasteiger charge is -2.28. The maximum absolute atomic E-state index is 5.49. The maximum atomic E-state index is 5.49. The molecule has 0 amide bonds. The molecule has 0 unspecified atom stereocenters. The van der Waals surface area contributed by atoms with Gasteiger partial charge in [0.15, 0.2) is 0 Å². The Morgan fingerprint density at radius 2 is 1.78 bits per heavy atom. The maximum Gasteiger partial charge on any atom is 0.0871 e. The summed E-state index contributed by atoms with van der Waals surface area (Å²) < 4.78 is 5.49. The van der Waals surface area contributed by atoms with E-state index < -0.39 is 0 Å². The molecule has 0 spiro atoms. The van der Waals surface area contributed by atoms with E-state index in [0.29, 0.717) is 0 Å². The standard InChI is InChI=1S/C15H24N2O/c1-15(2,18-3)14-6-4-13(5-7-14)12-17-10-8-16-9-11-17/h4-7,16H,8-12H2,1-3H3. The van der Waals surface area contributed by atoms with Crippen LogP contribution < -0.4 is 5.32 Å². The van der Waals surface area contributed by atoms with Gasteiger partial charge in [-0.15, -0.1) is 0 Å². The van der Waals surface area contributed by atoms with Gasteiger partial charge < -0.3 is 10.1 Å². The van der Waals surface area contributed by atoms with Gasteiger partial charge in [-0.1, -0.05) is 24.3 Å². The topological polar surface area (TPSA) is 24.5 Å². The first-order chi connectivity index (χ1) is 8.62. The van der Waals surface area contributed by atoms with E-state index in [1.165, 1.54) is 11.1 Å². The molecular weight excluding hydrogens is 224 g/mol. The van der Waals surface area contributed by atoms with Gasteiger partial charge in [0.25, 0.3) is 0 Å². The van der Waals surface area contributed by atoms with E-state index >= 15 is 0 Å². The van der Waals surface area contributed by atoms with Crippen molar-refractivity contribution in [2.45, 2.75) is 26.0 Å². The number of nitrogens with one attached hydrogen (secondary N) is 1. The molecule has 1 aliphatic rings. The van der Waals surface area contributed by atoms with Gasteiger partial charge in [-0.25, -0.2) is 0 Å². The van der Waals surface area contributed by atoms with Crippen LogP contribution in [0, 0.1) is 0 Å². The van der Waals surface area contributed by atoms with Crippen LogP contribution >= 0.6 is 0 Å². The second-order valence-electron chi connectivity index (χ2n) is 5.44. The predicted molar refractivity (Wildman–Crippen MR) is 74.6 cm³/mol. The molecule has 0 aliphatic carbocycles. The van der Waals surface area contributed by atoms with Crippen molar-refractivity contribution in [1.29, 1.82) is 0 Å². The monoisotopic (exact) mass is 248 g/mol. The van der Waals surface area contributed by atoms with Crippen LogP contribution in [0.2, 0.25) is 0 Å². The first-order valence-electron chi connectivity index (χ1n) is 6.69. The van der Waals surface area contributed by atoms with Crippen molar-refractivity contribution in [3.05, 3.63) is 35.4 Å². The Kier molecular flexibility index (Phi) is 4.38. The summed E-state index contributed by atoms with van der Waals surface area (Å²) in [4.78, 5) is 2.49. The van der Waals surface area contributed by atoms with Crippen LogP contribution in [0.5, 0.6) is 0 Å². The SMILES string of the molecule is COC(C)(C)c1ccc(CN2CCNCC2)cc1. The quantitative estimate of drug-likeness (QED) is 0.881. The summed E-state index contributed by atoms with van der Waals surface area (Å²) in [5.74, 6) is 0. The van der Waals surface area contributed by atoms with Gasteiger partial charge in [-0.2, -0.15) is 0 Å². The lowest BCUT2D eigenvalue weighted by Crippen LogP contribution is -2.42. The summed E-state index contributed by atoms with van der Waals surface area (Å²) in [6, 6.07) is 8.80. The third-order valence-electron chi connectivity index (χ3n) is 3.78. The summed E-state index contributed by atoms with van der Waals surface area (Å²) >= 11 is 0. The molecule has 0 aromatic heterocycles.